The van der Waals surface area contributed by atoms with Gasteiger partial charge in [0.25, 0.3) is 0 Å². The number of rotatable bonds is 20. The second kappa shape index (κ2) is 20.1. The zero-order valence-corrected chi connectivity index (χ0v) is 32.1. The number of benzene rings is 2. The maximum Gasteiger partial charge on any atom is 0.326 e. The molecule has 2 unspecified atom stereocenters. The Hall–Kier alpha value is -4.42. The smallest absolute Gasteiger partial charge is 0.326 e. The lowest BCUT2D eigenvalue weighted by Crippen LogP contribution is -2.56. The van der Waals surface area contributed by atoms with Gasteiger partial charge < -0.3 is 30.5 Å². The van der Waals surface area contributed by atoms with Crippen molar-refractivity contribution in [3.63, 3.8) is 0 Å². The summed E-state index contributed by atoms with van der Waals surface area (Å²) in [6, 6.07) is 10.7. The number of carboxylic acid groups (broad SMARTS) is 1. The van der Waals surface area contributed by atoms with Crippen LogP contribution in [-0.4, -0.2) is 99.8 Å². The molecule has 1 aromatic heterocycles. The number of amides is 4. The van der Waals surface area contributed by atoms with E-state index in [0.717, 1.165) is 42.1 Å². The first-order valence-electron chi connectivity index (χ1n) is 18.8. The van der Waals surface area contributed by atoms with Gasteiger partial charge in [0.2, 0.25) is 23.6 Å². The van der Waals surface area contributed by atoms with Gasteiger partial charge in [-0.1, -0.05) is 82.5 Å². The second-order valence-electron chi connectivity index (χ2n) is 14.4. The molecule has 0 spiro atoms. The SMILES string of the molecule is CCCCN(CCCC)C(=O)CNC(CC(C)C)C(=O)N1C[C@@H](NC(=O)Cc2c[nH]c3ccccc23)C[C@H]1C(=O)NC(Cc1ccc(Cl)cc1)C(=O)O. The van der Waals surface area contributed by atoms with Crippen LogP contribution >= 0.6 is 11.6 Å². The maximum atomic E-state index is 14.4. The lowest BCUT2D eigenvalue weighted by molar-refractivity contribution is -0.144. The van der Waals surface area contributed by atoms with Gasteiger partial charge in [-0.2, -0.15) is 0 Å². The molecular formula is C40H55ClN6O6. The minimum Gasteiger partial charge on any atom is -0.480 e. The van der Waals surface area contributed by atoms with Gasteiger partial charge in [-0.05, 0) is 60.9 Å². The van der Waals surface area contributed by atoms with Crippen LogP contribution < -0.4 is 16.0 Å². The van der Waals surface area contributed by atoms with Crippen molar-refractivity contribution >= 4 is 52.1 Å². The summed E-state index contributed by atoms with van der Waals surface area (Å²) in [5.74, 6) is -2.49. The van der Waals surface area contributed by atoms with Gasteiger partial charge in [0.15, 0.2) is 0 Å². The summed E-state index contributed by atoms with van der Waals surface area (Å²) >= 11 is 6.01. The van der Waals surface area contributed by atoms with Crippen LogP contribution in [-0.2, 0) is 36.8 Å². The normalized spacial score (nSPS) is 16.8. The van der Waals surface area contributed by atoms with Crippen molar-refractivity contribution in [2.24, 2.45) is 5.92 Å². The van der Waals surface area contributed by atoms with Crippen molar-refractivity contribution < 1.29 is 29.1 Å². The molecule has 4 atom stereocenters. The van der Waals surface area contributed by atoms with E-state index < -0.39 is 36.0 Å². The van der Waals surface area contributed by atoms with E-state index in [4.69, 9.17) is 11.6 Å². The van der Waals surface area contributed by atoms with Gasteiger partial charge in [0.05, 0.1) is 19.0 Å². The Balaban J connectivity index is 1.54. The minimum atomic E-state index is -1.27. The van der Waals surface area contributed by atoms with Crippen LogP contribution in [0.15, 0.2) is 54.7 Å². The summed E-state index contributed by atoms with van der Waals surface area (Å²) in [6.07, 6.45) is 6.10. The number of carbonyl (C=O) groups excluding carboxylic acids is 4. The topological polar surface area (TPSA) is 164 Å². The minimum absolute atomic E-state index is 0.00982. The van der Waals surface area contributed by atoms with E-state index >= 15 is 0 Å². The molecule has 288 valence electrons. The summed E-state index contributed by atoms with van der Waals surface area (Å²) in [6.45, 7) is 9.43. The number of carboxylic acids is 1. The van der Waals surface area contributed by atoms with Crippen molar-refractivity contribution in [1.29, 1.82) is 0 Å². The number of para-hydroxylation sites is 1. The molecule has 2 heterocycles. The van der Waals surface area contributed by atoms with Gasteiger partial charge in [-0.15, -0.1) is 0 Å². The number of aliphatic carboxylic acids is 1. The summed E-state index contributed by atoms with van der Waals surface area (Å²) < 4.78 is 0. The largest absolute Gasteiger partial charge is 0.480 e. The summed E-state index contributed by atoms with van der Waals surface area (Å²) in [5.41, 5.74) is 2.40. The third kappa shape index (κ3) is 12.0. The molecule has 1 aliphatic rings. The molecular weight excluding hydrogens is 696 g/mol. The number of hydrogen-bond donors (Lipinski definition) is 5. The van der Waals surface area contributed by atoms with Gasteiger partial charge in [0, 0.05) is 54.2 Å². The van der Waals surface area contributed by atoms with Gasteiger partial charge in [-0.3, -0.25) is 24.5 Å². The Morgan fingerprint density at radius 3 is 2.30 bits per heavy atom. The van der Waals surface area contributed by atoms with Gasteiger partial charge in [0.1, 0.15) is 12.1 Å². The number of hydrogen-bond acceptors (Lipinski definition) is 6. The molecule has 4 amide bonds. The van der Waals surface area contributed by atoms with Gasteiger partial charge >= 0.3 is 5.97 Å². The monoisotopic (exact) mass is 750 g/mol. The summed E-state index contributed by atoms with van der Waals surface area (Å²) in [5, 5.41) is 20.4. The number of nitrogens with zero attached hydrogens (tertiary/aromatic N) is 2. The summed E-state index contributed by atoms with van der Waals surface area (Å²) in [7, 11) is 0. The number of carbonyl (C=O) groups is 5. The molecule has 1 saturated heterocycles. The molecule has 1 aliphatic heterocycles. The van der Waals surface area contributed by atoms with Crippen LogP contribution in [0.5, 0.6) is 0 Å². The van der Waals surface area contributed by atoms with Crippen molar-refractivity contribution in [2.45, 2.75) is 103 Å². The predicted octanol–water partition coefficient (Wildman–Crippen LogP) is 4.69. The first-order valence-corrected chi connectivity index (χ1v) is 19.2. The van der Waals surface area contributed by atoms with E-state index in [1.165, 1.54) is 4.90 Å². The average Bonchev–Trinajstić information content (AvgIpc) is 3.74. The number of fused-ring (bicyclic) bond motifs is 1. The molecule has 0 radical (unpaired) electrons. The van der Waals surface area contributed by atoms with Crippen molar-refractivity contribution in [3.8, 4) is 0 Å². The van der Waals surface area contributed by atoms with E-state index in [-0.39, 0.29) is 56.0 Å². The van der Waals surface area contributed by atoms with E-state index in [0.29, 0.717) is 30.1 Å². The number of unbranched alkanes of at least 4 members (excludes halogenated alkanes) is 2. The molecule has 13 heteroatoms. The first kappa shape index (κ1) is 41.3. The Morgan fingerprint density at radius 2 is 1.66 bits per heavy atom. The molecule has 0 aliphatic carbocycles. The molecule has 53 heavy (non-hydrogen) atoms. The standard InChI is InChI=1S/C40H55ClN6O6/c1-5-7-17-46(18-8-6-2)37(49)24-43-33(19-26(3)4)39(51)47-25-30(44-36(48)21-28-23-42-32-12-10-9-11-31(28)32)22-35(47)38(50)45-34(40(52)53)20-27-13-15-29(41)16-14-27/h9-16,23,26,30,33-35,42-43H,5-8,17-22,24-25H2,1-4H3,(H,44,48)(H,45,50)(H,52,53)/t30-,33?,34?,35-/m0/s1. The lowest BCUT2D eigenvalue weighted by Gasteiger charge is -2.31. The Kier molecular flexibility index (Phi) is 15.7. The zero-order valence-electron chi connectivity index (χ0n) is 31.3. The number of aromatic amines is 1. The van der Waals surface area contributed by atoms with Crippen molar-refractivity contribution in [2.75, 3.05) is 26.2 Å². The van der Waals surface area contributed by atoms with E-state index in [1.54, 1.807) is 30.5 Å². The number of halogens is 1. The van der Waals surface area contributed by atoms with Gasteiger partial charge in [-0.25, -0.2) is 4.79 Å². The van der Waals surface area contributed by atoms with Crippen LogP contribution in [0.25, 0.3) is 10.9 Å². The Bertz CT molecular complexity index is 1690. The molecule has 0 bridgehead atoms. The Labute approximate surface area is 317 Å². The molecule has 2 aromatic carbocycles. The molecule has 0 saturated carbocycles. The summed E-state index contributed by atoms with van der Waals surface area (Å²) in [4.78, 5) is 73.9. The highest BCUT2D eigenvalue weighted by molar-refractivity contribution is 6.30. The number of H-pyrrole nitrogens is 1. The molecule has 3 aromatic rings. The maximum absolute atomic E-state index is 14.4. The zero-order chi connectivity index (χ0) is 38.5. The third-order valence-electron chi connectivity index (χ3n) is 9.67. The molecule has 12 nitrogen and oxygen atoms in total. The highest BCUT2D eigenvalue weighted by Gasteiger charge is 2.43. The fourth-order valence-corrected chi connectivity index (χ4v) is 6.94. The van der Waals surface area contributed by atoms with E-state index in [9.17, 15) is 29.1 Å². The predicted molar refractivity (Wildman–Crippen MR) is 206 cm³/mol. The second-order valence-corrected chi connectivity index (χ2v) is 14.9. The molecule has 4 rings (SSSR count). The van der Waals surface area contributed by atoms with Crippen LogP contribution in [0.3, 0.4) is 0 Å². The average molecular weight is 751 g/mol. The lowest BCUT2D eigenvalue weighted by atomic mass is 10.0. The Morgan fingerprint density at radius 1 is 0.981 bits per heavy atom. The van der Waals surface area contributed by atoms with Crippen molar-refractivity contribution in [3.05, 3.63) is 70.9 Å². The van der Waals surface area contributed by atoms with E-state index in [2.05, 4.69) is 34.8 Å². The fraction of sp³-hybridized carbons (Fsp3) is 0.525. The van der Waals surface area contributed by atoms with Crippen LogP contribution in [0.2, 0.25) is 5.02 Å². The number of nitrogens with one attached hydrogen (secondary N) is 4. The quantitative estimate of drug-likeness (QED) is 0.112. The van der Waals surface area contributed by atoms with Crippen LogP contribution in [0.1, 0.15) is 77.3 Å². The van der Waals surface area contributed by atoms with Crippen LogP contribution in [0.4, 0.5) is 0 Å². The number of aromatic nitrogens is 1. The van der Waals surface area contributed by atoms with Crippen LogP contribution in [0, 0.1) is 5.92 Å². The highest BCUT2D eigenvalue weighted by Crippen LogP contribution is 2.23. The molecule has 1 fully saturated rings. The third-order valence-corrected chi connectivity index (χ3v) is 9.92. The molecule has 5 N–H and O–H groups in total. The highest BCUT2D eigenvalue weighted by atomic mass is 35.5. The first-order chi connectivity index (χ1) is 25.4. The van der Waals surface area contributed by atoms with Crippen molar-refractivity contribution in [1.82, 2.24) is 30.7 Å². The van der Waals surface area contributed by atoms with E-state index in [1.807, 2.05) is 43.0 Å². The number of likely N-dealkylation sites (tertiary alicyclic amines) is 1. The fourth-order valence-electron chi connectivity index (χ4n) is 6.81.